The van der Waals surface area contributed by atoms with Gasteiger partial charge in [-0.1, -0.05) is 31.2 Å². The van der Waals surface area contributed by atoms with Crippen molar-refractivity contribution < 1.29 is 33.4 Å². The number of ether oxygens (including phenoxy) is 3. The highest BCUT2D eigenvalue weighted by molar-refractivity contribution is 6.01. The second-order valence-electron chi connectivity index (χ2n) is 14.4. The molecule has 268 valence electrons. The molecule has 11 nitrogen and oxygen atoms in total. The van der Waals surface area contributed by atoms with Gasteiger partial charge in [-0.15, -0.1) is 0 Å². The molecule has 0 aliphatic carbocycles. The number of likely N-dealkylation sites (N-methyl/N-ethyl adjacent to an activating group) is 1. The molecule has 2 aromatic rings. The number of rotatable bonds is 13. The number of aryl methyl sites for hydroxylation is 1. The van der Waals surface area contributed by atoms with Crippen LogP contribution >= 0.6 is 0 Å². The van der Waals surface area contributed by atoms with Crippen LogP contribution in [0.15, 0.2) is 42.5 Å². The molecule has 2 aliphatic heterocycles. The van der Waals surface area contributed by atoms with E-state index in [0.29, 0.717) is 56.4 Å². The van der Waals surface area contributed by atoms with Gasteiger partial charge in [0.25, 0.3) is 5.91 Å². The van der Waals surface area contributed by atoms with Crippen LogP contribution in [-0.2, 0) is 25.5 Å². The summed E-state index contributed by atoms with van der Waals surface area (Å²) in [7, 11) is 3.41. The molecule has 1 N–H and O–H groups in total. The number of nitrogens with zero attached hydrogens (tertiary/aromatic N) is 3. The molecule has 1 fully saturated rings. The van der Waals surface area contributed by atoms with Gasteiger partial charge >= 0.3 is 6.09 Å². The molecule has 1 saturated heterocycles. The predicted molar refractivity (Wildman–Crippen MR) is 189 cm³/mol. The number of amides is 4. The van der Waals surface area contributed by atoms with Gasteiger partial charge in [-0.05, 0) is 70.4 Å². The lowest BCUT2D eigenvalue weighted by molar-refractivity contribution is -0.134. The monoisotopic (exact) mass is 678 g/mol. The van der Waals surface area contributed by atoms with Crippen LogP contribution in [0.4, 0.5) is 10.5 Å². The molecule has 2 aromatic carbocycles. The molecule has 0 unspecified atom stereocenters. The lowest BCUT2D eigenvalue weighted by Gasteiger charge is -2.34. The summed E-state index contributed by atoms with van der Waals surface area (Å²) < 4.78 is 16.9. The summed E-state index contributed by atoms with van der Waals surface area (Å²) in [6, 6.07) is 12.9. The minimum Gasteiger partial charge on any atom is -0.493 e. The van der Waals surface area contributed by atoms with Crippen LogP contribution in [0.25, 0.3) is 0 Å². The van der Waals surface area contributed by atoms with Crippen molar-refractivity contribution in [3.8, 4) is 5.75 Å². The number of anilines is 1. The first kappa shape index (κ1) is 37.7. The zero-order chi connectivity index (χ0) is 35.9. The van der Waals surface area contributed by atoms with Gasteiger partial charge in [0.15, 0.2) is 0 Å². The van der Waals surface area contributed by atoms with Crippen LogP contribution < -0.4 is 10.1 Å². The first-order valence-electron chi connectivity index (χ1n) is 17.4. The van der Waals surface area contributed by atoms with Crippen LogP contribution in [0, 0.1) is 11.8 Å². The van der Waals surface area contributed by atoms with Gasteiger partial charge in [-0.3, -0.25) is 14.4 Å². The Hall–Kier alpha value is -4.12. The Morgan fingerprint density at radius 2 is 1.71 bits per heavy atom. The molecule has 49 heavy (non-hydrogen) atoms. The molecule has 0 saturated carbocycles. The highest BCUT2D eigenvalue weighted by Crippen LogP contribution is 2.35. The minimum atomic E-state index is -0.666. The third-order valence-corrected chi connectivity index (χ3v) is 9.17. The molecule has 11 heteroatoms. The van der Waals surface area contributed by atoms with E-state index in [1.165, 1.54) is 0 Å². The molecule has 2 heterocycles. The van der Waals surface area contributed by atoms with E-state index >= 15 is 0 Å². The maximum absolute atomic E-state index is 14.1. The summed E-state index contributed by atoms with van der Waals surface area (Å²) in [6.45, 7) is 14.1. The number of benzene rings is 2. The van der Waals surface area contributed by atoms with Gasteiger partial charge in [0.2, 0.25) is 11.8 Å². The Morgan fingerprint density at radius 3 is 2.37 bits per heavy atom. The van der Waals surface area contributed by atoms with Gasteiger partial charge < -0.3 is 34.2 Å². The first-order valence-corrected chi connectivity index (χ1v) is 17.4. The smallest absolute Gasteiger partial charge is 0.410 e. The molecule has 4 rings (SSSR count). The fourth-order valence-electron chi connectivity index (χ4n) is 6.61. The van der Waals surface area contributed by atoms with Gasteiger partial charge in [-0.25, -0.2) is 4.79 Å². The SMILES string of the molecule is CCc1ccc(C(=O)N(C[C@@H]2CN(C(=O)OC(C)(C)C)C[C@@H]2CN(C)C(=O)[C@@H]2CC(=O)Nc3ccccc32)C(C)C)cc1OCCCOC. The summed E-state index contributed by atoms with van der Waals surface area (Å²) in [5, 5.41) is 2.86. The lowest BCUT2D eigenvalue weighted by Crippen LogP contribution is -2.44. The molecule has 3 atom stereocenters. The number of para-hydroxylation sites is 1. The second-order valence-corrected chi connectivity index (χ2v) is 14.4. The second kappa shape index (κ2) is 16.5. The van der Waals surface area contributed by atoms with Crippen LogP contribution in [0.2, 0.25) is 0 Å². The van der Waals surface area contributed by atoms with Gasteiger partial charge in [-0.2, -0.15) is 0 Å². The summed E-state index contributed by atoms with van der Waals surface area (Å²) in [6.07, 6.45) is 1.17. The first-order chi connectivity index (χ1) is 23.2. The van der Waals surface area contributed by atoms with E-state index in [-0.39, 0.29) is 42.0 Å². The average Bonchev–Trinajstić information content (AvgIpc) is 3.45. The normalized spacial score (nSPS) is 18.9. The number of carbonyl (C=O) groups is 4. The number of carbonyl (C=O) groups excluding carboxylic acids is 4. The van der Waals surface area contributed by atoms with E-state index in [2.05, 4.69) is 12.2 Å². The number of nitrogens with one attached hydrogen (secondary N) is 1. The molecule has 2 aliphatic rings. The quantitative estimate of drug-likeness (QED) is 0.275. The maximum atomic E-state index is 14.1. The molecule has 0 bridgehead atoms. The van der Waals surface area contributed by atoms with E-state index in [0.717, 1.165) is 24.0 Å². The Bertz CT molecular complexity index is 1490. The maximum Gasteiger partial charge on any atom is 0.410 e. The molecular formula is C38H54N4O7. The van der Waals surface area contributed by atoms with Crippen molar-refractivity contribution >= 4 is 29.5 Å². The number of hydrogen-bond acceptors (Lipinski definition) is 7. The molecular weight excluding hydrogens is 624 g/mol. The van der Waals surface area contributed by atoms with Crippen molar-refractivity contribution in [1.29, 1.82) is 0 Å². The Kier molecular flexibility index (Phi) is 12.7. The summed E-state index contributed by atoms with van der Waals surface area (Å²) in [4.78, 5) is 59.0. The van der Waals surface area contributed by atoms with Crippen molar-refractivity contribution in [3.05, 3.63) is 59.2 Å². The topological polar surface area (TPSA) is 118 Å². The zero-order valence-corrected chi connectivity index (χ0v) is 30.4. The van der Waals surface area contributed by atoms with Gasteiger partial charge in [0, 0.05) is 88.9 Å². The minimum absolute atomic E-state index is 0.0723. The fourth-order valence-corrected chi connectivity index (χ4v) is 6.61. The van der Waals surface area contributed by atoms with Crippen LogP contribution in [0.5, 0.6) is 5.75 Å². The average molecular weight is 679 g/mol. The largest absolute Gasteiger partial charge is 0.493 e. The van der Waals surface area contributed by atoms with E-state index in [1.54, 1.807) is 24.0 Å². The summed E-state index contributed by atoms with van der Waals surface area (Å²) in [5.74, 6) is -0.628. The van der Waals surface area contributed by atoms with E-state index < -0.39 is 17.6 Å². The fraction of sp³-hybridized carbons (Fsp3) is 0.579. The Morgan fingerprint density at radius 1 is 1.02 bits per heavy atom. The lowest BCUT2D eigenvalue weighted by atomic mass is 9.88. The molecule has 0 spiro atoms. The molecule has 0 aromatic heterocycles. The van der Waals surface area contributed by atoms with Crippen molar-refractivity contribution in [1.82, 2.24) is 14.7 Å². The number of likely N-dealkylation sites (tertiary alicyclic amines) is 1. The third-order valence-electron chi connectivity index (χ3n) is 9.17. The van der Waals surface area contributed by atoms with Crippen molar-refractivity contribution in [2.75, 3.05) is 58.9 Å². The summed E-state index contributed by atoms with van der Waals surface area (Å²) >= 11 is 0. The number of fused-ring (bicyclic) bond motifs is 1. The van der Waals surface area contributed by atoms with E-state index in [9.17, 15) is 19.2 Å². The van der Waals surface area contributed by atoms with Crippen molar-refractivity contribution in [3.63, 3.8) is 0 Å². The van der Waals surface area contributed by atoms with Gasteiger partial charge in [0.05, 0.1) is 12.5 Å². The third kappa shape index (κ3) is 9.74. The highest BCUT2D eigenvalue weighted by atomic mass is 16.6. The molecule has 0 radical (unpaired) electrons. The van der Waals surface area contributed by atoms with Crippen molar-refractivity contribution in [2.45, 2.75) is 78.4 Å². The number of hydrogen-bond donors (Lipinski definition) is 1. The molecule has 4 amide bonds. The van der Waals surface area contributed by atoms with Crippen molar-refractivity contribution in [2.24, 2.45) is 11.8 Å². The van der Waals surface area contributed by atoms with Crippen LogP contribution in [0.3, 0.4) is 0 Å². The Balaban J connectivity index is 1.56. The van der Waals surface area contributed by atoms with Crippen LogP contribution in [0.1, 0.15) is 81.8 Å². The standard InChI is InChI=1S/C38H54N4O7/c1-9-26-15-16-27(19-33(26)48-18-12-17-47-8)35(44)42(25(2)3)24-29-23-41(37(46)49-38(4,5)6)22-28(29)21-40(7)36(45)31-20-34(43)39-32-14-11-10-13-30(31)32/h10-11,13-16,19,25,28-29,31H,9,12,17-18,20-24H2,1-8H3,(H,39,43)/t28-,29-,31+/m0/s1. The predicted octanol–water partition coefficient (Wildman–Crippen LogP) is 5.58. The Labute approximate surface area is 291 Å². The summed E-state index contributed by atoms with van der Waals surface area (Å²) in [5.41, 5.74) is 2.35. The zero-order valence-electron chi connectivity index (χ0n) is 30.4. The van der Waals surface area contributed by atoms with E-state index in [1.807, 2.05) is 82.0 Å². The number of methoxy groups -OCH3 is 1. The van der Waals surface area contributed by atoms with Crippen LogP contribution in [-0.4, -0.2) is 104 Å². The van der Waals surface area contributed by atoms with Gasteiger partial charge in [0.1, 0.15) is 11.4 Å². The van der Waals surface area contributed by atoms with E-state index in [4.69, 9.17) is 14.2 Å². The highest BCUT2D eigenvalue weighted by Gasteiger charge is 2.41.